The van der Waals surface area contributed by atoms with Crippen LogP contribution < -0.4 is 15.8 Å². The van der Waals surface area contributed by atoms with Gasteiger partial charge in [-0.15, -0.1) is 6.58 Å². The lowest BCUT2D eigenvalue weighted by Gasteiger charge is -2.05. The Balaban J connectivity index is 2.60. The summed E-state index contributed by atoms with van der Waals surface area (Å²) >= 11 is 1.32. The topological polar surface area (TPSA) is 60.2 Å². The molecule has 0 amide bonds. The number of rotatable bonds is 6. The van der Waals surface area contributed by atoms with Gasteiger partial charge in [-0.3, -0.25) is 0 Å². The number of nitrogens with one attached hydrogen (secondary N) is 1. The van der Waals surface area contributed by atoms with Gasteiger partial charge in [0.25, 0.3) is 0 Å². The zero-order chi connectivity index (χ0) is 10.4. The van der Waals surface area contributed by atoms with Crippen LogP contribution in [0.15, 0.2) is 12.7 Å². The normalized spacial score (nSPS) is 9.79. The number of nitrogens with two attached hydrogens (primary N) is 1. The summed E-state index contributed by atoms with van der Waals surface area (Å²) in [5.74, 6) is 1.12. The van der Waals surface area contributed by atoms with Crippen molar-refractivity contribution in [3.05, 3.63) is 12.7 Å². The minimum absolute atomic E-state index is 0.456. The largest absolute Gasteiger partial charge is 0.487 e. The number of ether oxygens (including phenoxy) is 1. The molecular formula is C9H15N3OS. The third-order valence-corrected chi connectivity index (χ3v) is 2.40. The molecule has 4 nitrogen and oxygen atoms in total. The third kappa shape index (κ3) is 2.63. The first kappa shape index (κ1) is 10.8. The van der Waals surface area contributed by atoms with Crippen LogP contribution >= 0.6 is 11.5 Å². The summed E-state index contributed by atoms with van der Waals surface area (Å²) in [6.07, 6.45) is 2.76. The molecule has 0 aliphatic heterocycles. The van der Waals surface area contributed by atoms with E-state index in [1.807, 2.05) is 13.0 Å². The smallest absolute Gasteiger partial charge is 0.197 e. The van der Waals surface area contributed by atoms with E-state index in [2.05, 4.69) is 16.3 Å². The van der Waals surface area contributed by atoms with Crippen molar-refractivity contribution in [2.45, 2.75) is 13.3 Å². The molecule has 1 rings (SSSR count). The lowest BCUT2D eigenvalue weighted by Crippen LogP contribution is -2.02. The number of hydrogen-bond donors (Lipinski definition) is 2. The molecule has 0 bridgehead atoms. The maximum atomic E-state index is 5.65. The summed E-state index contributed by atoms with van der Waals surface area (Å²) in [4.78, 5) is 0. The average molecular weight is 213 g/mol. The van der Waals surface area contributed by atoms with Gasteiger partial charge in [0.05, 0.1) is 6.61 Å². The number of nitrogen functional groups attached to an aromatic ring is 1. The van der Waals surface area contributed by atoms with Crippen LogP contribution in [0.5, 0.6) is 5.75 Å². The monoisotopic (exact) mass is 213 g/mol. The predicted octanol–water partition coefficient (Wildman–Crippen LogP) is 2.11. The highest BCUT2D eigenvalue weighted by Gasteiger charge is 2.11. The van der Waals surface area contributed by atoms with Crippen molar-refractivity contribution in [2.24, 2.45) is 0 Å². The summed E-state index contributed by atoms with van der Waals surface area (Å²) in [6, 6.07) is 0. The first-order chi connectivity index (χ1) is 6.79. The summed E-state index contributed by atoms with van der Waals surface area (Å²) in [7, 11) is 0. The van der Waals surface area contributed by atoms with Crippen LogP contribution in [0, 0.1) is 0 Å². The molecule has 0 fully saturated rings. The summed E-state index contributed by atoms with van der Waals surface area (Å²) < 4.78 is 9.39. The average Bonchev–Trinajstić information content (AvgIpc) is 2.51. The van der Waals surface area contributed by atoms with Crippen molar-refractivity contribution in [3.8, 4) is 5.75 Å². The minimum Gasteiger partial charge on any atom is -0.487 e. The Kier molecular flexibility index (Phi) is 4.25. The van der Waals surface area contributed by atoms with Crippen LogP contribution in [0.25, 0.3) is 0 Å². The van der Waals surface area contributed by atoms with Gasteiger partial charge < -0.3 is 15.8 Å². The van der Waals surface area contributed by atoms with Crippen LogP contribution in [-0.4, -0.2) is 17.5 Å². The van der Waals surface area contributed by atoms with Crippen molar-refractivity contribution in [3.63, 3.8) is 0 Å². The molecule has 0 atom stereocenters. The van der Waals surface area contributed by atoms with Crippen molar-refractivity contribution in [1.82, 2.24) is 4.37 Å². The highest BCUT2D eigenvalue weighted by molar-refractivity contribution is 7.11. The molecule has 0 unspecified atom stereocenters. The van der Waals surface area contributed by atoms with E-state index in [0.717, 1.165) is 18.0 Å². The molecule has 14 heavy (non-hydrogen) atoms. The minimum atomic E-state index is 0.456. The molecule has 0 radical (unpaired) electrons. The van der Waals surface area contributed by atoms with Crippen molar-refractivity contribution >= 4 is 22.4 Å². The van der Waals surface area contributed by atoms with Crippen LogP contribution in [0.4, 0.5) is 10.8 Å². The van der Waals surface area contributed by atoms with Crippen LogP contribution in [0.2, 0.25) is 0 Å². The number of aromatic nitrogens is 1. The Hall–Kier alpha value is -1.23. The van der Waals surface area contributed by atoms with E-state index in [9.17, 15) is 0 Å². The molecule has 5 heteroatoms. The Morgan fingerprint density at radius 2 is 2.50 bits per heavy atom. The van der Waals surface area contributed by atoms with E-state index in [1.165, 1.54) is 11.5 Å². The fraction of sp³-hybridized carbons (Fsp3) is 0.444. The van der Waals surface area contributed by atoms with Gasteiger partial charge >= 0.3 is 0 Å². The molecule has 0 aliphatic carbocycles. The molecule has 1 aromatic rings. The maximum absolute atomic E-state index is 5.65. The number of hydrogen-bond acceptors (Lipinski definition) is 5. The van der Waals surface area contributed by atoms with Crippen molar-refractivity contribution < 1.29 is 4.74 Å². The van der Waals surface area contributed by atoms with Crippen molar-refractivity contribution in [1.29, 1.82) is 0 Å². The second-order valence-electron chi connectivity index (χ2n) is 2.66. The van der Waals surface area contributed by atoms with Crippen LogP contribution in [-0.2, 0) is 0 Å². The van der Waals surface area contributed by atoms with E-state index < -0.39 is 0 Å². The Morgan fingerprint density at radius 1 is 1.71 bits per heavy atom. The van der Waals surface area contributed by atoms with Gasteiger partial charge in [0, 0.05) is 6.54 Å². The van der Waals surface area contributed by atoms with Gasteiger partial charge in [-0.1, -0.05) is 6.08 Å². The first-order valence-corrected chi connectivity index (χ1v) is 5.29. The quantitative estimate of drug-likeness (QED) is 0.561. The van der Waals surface area contributed by atoms with Crippen molar-refractivity contribution in [2.75, 3.05) is 24.2 Å². The lowest BCUT2D eigenvalue weighted by atomic mass is 10.4. The molecule has 78 valence electrons. The van der Waals surface area contributed by atoms with E-state index >= 15 is 0 Å². The molecule has 0 aliphatic rings. The van der Waals surface area contributed by atoms with E-state index in [0.29, 0.717) is 18.2 Å². The molecule has 0 saturated heterocycles. The first-order valence-electron chi connectivity index (χ1n) is 4.52. The third-order valence-electron chi connectivity index (χ3n) is 1.60. The molecule has 0 spiro atoms. The Bertz CT molecular complexity index is 298. The molecule has 1 heterocycles. The lowest BCUT2D eigenvalue weighted by molar-refractivity contribution is 0.344. The van der Waals surface area contributed by atoms with E-state index in [1.54, 1.807) is 0 Å². The van der Waals surface area contributed by atoms with E-state index in [4.69, 9.17) is 10.5 Å². The molecule has 0 saturated carbocycles. The Labute approximate surface area is 87.9 Å². The number of nitrogens with zero attached hydrogens (tertiary/aromatic N) is 1. The predicted molar refractivity (Wildman–Crippen MR) is 61.0 cm³/mol. The summed E-state index contributed by atoms with van der Waals surface area (Å²) in [6.45, 7) is 6.99. The van der Waals surface area contributed by atoms with Crippen LogP contribution in [0.3, 0.4) is 0 Å². The summed E-state index contributed by atoms with van der Waals surface area (Å²) in [5, 5.41) is 4.09. The van der Waals surface area contributed by atoms with Crippen LogP contribution in [0.1, 0.15) is 13.3 Å². The molecule has 3 N–H and O–H groups in total. The Morgan fingerprint density at radius 3 is 3.14 bits per heavy atom. The molecular weight excluding hydrogens is 198 g/mol. The maximum Gasteiger partial charge on any atom is 0.197 e. The van der Waals surface area contributed by atoms with Gasteiger partial charge in [-0.05, 0) is 24.9 Å². The second kappa shape index (κ2) is 5.49. The molecule has 0 aromatic carbocycles. The van der Waals surface area contributed by atoms with Gasteiger partial charge in [0.2, 0.25) is 0 Å². The second-order valence-corrected chi connectivity index (χ2v) is 3.44. The zero-order valence-corrected chi connectivity index (χ0v) is 9.06. The summed E-state index contributed by atoms with van der Waals surface area (Å²) in [5.41, 5.74) is 5.65. The standard InChI is InChI=1S/C9H15N3OS/c1-3-5-6-11-9-7(13-4-2)8(10)12-14-9/h3,11H,1,4-6H2,2H3,(H2,10,12). The fourth-order valence-corrected chi connectivity index (χ4v) is 1.66. The van der Waals surface area contributed by atoms with Gasteiger partial charge in [0.15, 0.2) is 16.6 Å². The molecule has 1 aromatic heterocycles. The SMILES string of the molecule is C=CCCNc1snc(N)c1OCC. The zero-order valence-electron chi connectivity index (χ0n) is 8.25. The van der Waals surface area contributed by atoms with Gasteiger partial charge in [-0.25, -0.2) is 0 Å². The van der Waals surface area contributed by atoms with E-state index in [-0.39, 0.29) is 0 Å². The fourth-order valence-electron chi connectivity index (χ4n) is 0.978. The van der Waals surface area contributed by atoms with Gasteiger partial charge in [-0.2, -0.15) is 4.37 Å². The number of anilines is 2. The highest BCUT2D eigenvalue weighted by Crippen LogP contribution is 2.34. The van der Waals surface area contributed by atoms with Gasteiger partial charge in [0.1, 0.15) is 0 Å². The highest BCUT2D eigenvalue weighted by atomic mass is 32.1.